The molecule has 3 aromatic heterocycles. The molecule has 1 N–H and O–H groups in total. The minimum Gasteiger partial charge on any atom is -0.490 e. The maximum Gasteiger partial charge on any atom is 0.293 e. The van der Waals surface area contributed by atoms with Crippen LogP contribution in [0.2, 0.25) is 0 Å². The lowest BCUT2D eigenvalue weighted by Crippen LogP contribution is -2.10. The summed E-state index contributed by atoms with van der Waals surface area (Å²) in [5, 5.41) is 6.09. The van der Waals surface area contributed by atoms with Gasteiger partial charge in [-0.15, -0.1) is 11.3 Å². The van der Waals surface area contributed by atoms with E-state index in [4.69, 9.17) is 4.74 Å². The molecule has 0 bridgehead atoms. The van der Waals surface area contributed by atoms with Gasteiger partial charge in [-0.3, -0.25) is 4.79 Å². The quantitative estimate of drug-likeness (QED) is 0.738. The molecule has 3 rings (SSSR count). The van der Waals surface area contributed by atoms with Gasteiger partial charge in [-0.1, -0.05) is 0 Å². The Morgan fingerprint density at radius 3 is 3.12 bits per heavy atom. The third-order valence-electron chi connectivity index (χ3n) is 2.37. The number of nitrogens with zero attached hydrogens (tertiary/aromatic N) is 3. The molecule has 3 heterocycles. The molecule has 0 unspecified atom stereocenters. The Balaban J connectivity index is 2.20. The van der Waals surface area contributed by atoms with Gasteiger partial charge >= 0.3 is 0 Å². The van der Waals surface area contributed by atoms with E-state index in [2.05, 4.69) is 15.1 Å². The zero-order valence-corrected chi connectivity index (χ0v) is 9.69. The Bertz CT molecular complexity index is 727. The van der Waals surface area contributed by atoms with E-state index in [1.807, 2.05) is 11.6 Å². The van der Waals surface area contributed by atoms with E-state index in [0.29, 0.717) is 5.82 Å². The Kier molecular flexibility index (Phi) is 2.19. The molecule has 0 radical (unpaired) electrons. The molecule has 0 aliphatic carbocycles. The van der Waals surface area contributed by atoms with Crippen molar-refractivity contribution in [3.05, 3.63) is 34.3 Å². The van der Waals surface area contributed by atoms with E-state index >= 15 is 0 Å². The van der Waals surface area contributed by atoms with Crippen LogP contribution in [0.3, 0.4) is 0 Å². The lowest BCUT2D eigenvalue weighted by Gasteiger charge is -1.99. The summed E-state index contributed by atoms with van der Waals surface area (Å²) in [6.07, 6.45) is 4.94. The highest BCUT2D eigenvalue weighted by Gasteiger charge is 2.11. The molecule has 0 saturated carbocycles. The van der Waals surface area contributed by atoms with Gasteiger partial charge in [0.1, 0.15) is 10.7 Å². The number of nitrogens with one attached hydrogen (secondary N) is 1. The molecular formula is C10H8N4O2S. The van der Waals surface area contributed by atoms with Gasteiger partial charge < -0.3 is 9.72 Å². The fraction of sp³-hybridized carbons (Fsp3) is 0.100. The molecule has 0 fully saturated rings. The number of rotatable bonds is 2. The third kappa shape index (κ3) is 1.51. The van der Waals surface area contributed by atoms with Crippen LogP contribution in [0.5, 0.6) is 5.75 Å². The standard InChI is InChI=1S/C10H8N4O2S/c1-16-7-5-11-8(13-9(7)15)6-4-12-14-2-3-17-10(6)14/h2-5H,1H3,(H,11,13,15). The minimum absolute atomic E-state index is 0.198. The van der Waals surface area contributed by atoms with Crippen LogP contribution in [0.1, 0.15) is 0 Å². The van der Waals surface area contributed by atoms with Crippen LogP contribution in [0, 0.1) is 0 Å². The molecule has 6 nitrogen and oxygen atoms in total. The Morgan fingerprint density at radius 2 is 2.35 bits per heavy atom. The molecule has 0 atom stereocenters. The van der Waals surface area contributed by atoms with Crippen molar-refractivity contribution < 1.29 is 4.74 Å². The van der Waals surface area contributed by atoms with Gasteiger partial charge in [-0.2, -0.15) is 5.10 Å². The summed E-state index contributed by atoms with van der Waals surface area (Å²) in [5.41, 5.74) is 0.508. The number of ether oxygens (including phenoxy) is 1. The first-order chi connectivity index (χ1) is 8.29. The number of aromatic nitrogens is 4. The first-order valence-corrected chi connectivity index (χ1v) is 5.72. The van der Waals surface area contributed by atoms with Gasteiger partial charge in [0.2, 0.25) is 5.75 Å². The van der Waals surface area contributed by atoms with Crippen molar-refractivity contribution in [1.82, 2.24) is 19.6 Å². The number of H-pyrrole nitrogens is 1. The maximum absolute atomic E-state index is 11.6. The fourth-order valence-corrected chi connectivity index (χ4v) is 2.35. The van der Waals surface area contributed by atoms with Crippen molar-refractivity contribution in [2.75, 3.05) is 7.11 Å². The number of aromatic amines is 1. The summed E-state index contributed by atoms with van der Waals surface area (Å²) in [6.45, 7) is 0. The van der Waals surface area contributed by atoms with Gasteiger partial charge in [0, 0.05) is 11.6 Å². The SMILES string of the molecule is COc1cnc(-c2cnn3ccsc23)[nH]c1=O. The fourth-order valence-electron chi connectivity index (χ4n) is 1.56. The highest BCUT2D eigenvalue weighted by molar-refractivity contribution is 7.16. The number of fused-ring (bicyclic) bond motifs is 1. The van der Waals surface area contributed by atoms with E-state index in [-0.39, 0.29) is 11.3 Å². The highest BCUT2D eigenvalue weighted by atomic mass is 32.1. The third-order valence-corrected chi connectivity index (χ3v) is 3.26. The van der Waals surface area contributed by atoms with Crippen molar-refractivity contribution >= 4 is 16.2 Å². The molecule has 0 aliphatic rings. The maximum atomic E-state index is 11.6. The predicted octanol–water partition coefficient (Wildman–Crippen LogP) is 1.15. The zero-order chi connectivity index (χ0) is 11.8. The van der Waals surface area contributed by atoms with Crippen molar-refractivity contribution in [1.29, 1.82) is 0 Å². The van der Waals surface area contributed by atoms with Crippen LogP contribution < -0.4 is 10.3 Å². The van der Waals surface area contributed by atoms with Crippen LogP contribution in [0.4, 0.5) is 0 Å². The lowest BCUT2D eigenvalue weighted by atomic mass is 10.3. The molecule has 0 amide bonds. The van der Waals surface area contributed by atoms with Gasteiger partial charge in [-0.25, -0.2) is 9.50 Å². The first-order valence-electron chi connectivity index (χ1n) is 4.84. The molecule has 7 heteroatoms. The highest BCUT2D eigenvalue weighted by Crippen LogP contribution is 2.24. The van der Waals surface area contributed by atoms with E-state index in [1.165, 1.54) is 24.6 Å². The summed E-state index contributed by atoms with van der Waals surface area (Å²) in [7, 11) is 1.43. The summed E-state index contributed by atoms with van der Waals surface area (Å²) in [6, 6.07) is 0. The van der Waals surface area contributed by atoms with Crippen LogP contribution in [-0.2, 0) is 0 Å². The first kappa shape index (κ1) is 10.0. The average molecular weight is 248 g/mol. The van der Waals surface area contributed by atoms with Gasteiger partial charge in [0.15, 0.2) is 0 Å². The second-order valence-corrected chi connectivity index (χ2v) is 4.23. The Labute approximate surface area is 99.5 Å². The molecule has 0 spiro atoms. The van der Waals surface area contributed by atoms with Crippen molar-refractivity contribution in [2.45, 2.75) is 0 Å². The van der Waals surface area contributed by atoms with E-state index < -0.39 is 0 Å². The van der Waals surface area contributed by atoms with Crippen molar-refractivity contribution in [3.63, 3.8) is 0 Å². The smallest absolute Gasteiger partial charge is 0.293 e. The zero-order valence-electron chi connectivity index (χ0n) is 8.88. The molecule has 3 aromatic rings. The normalized spacial score (nSPS) is 10.9. The van der Waals surface area contributed by atoms with E-state index in [0.717, 1.165) is 10.4 Å². The summed E-state index contributed by atoms with van der Waals surface area (Å²) in [5.74, 6) is 0.691. The van der Waals surface area contributed by atoms with Gasteiger partial charge in [0.25, 0.3) is 5.56 Å². The minimum atomic E-state index is -0.298. The molecule has 0 aromatic carbocycles. The second kappa shape index (κ2) is 3.70. The number of thiazole rings is 1. The number of methoxy groups -OCH3 is 1. The topological polar surface area (TPSA) is 72.3 Å². The van der Waals surface area contributed by atoms with Gasteiger partial charge in [-0.05, 0) is 0 Å². The summed E-state index contributed by atoms with van der Waals surface area (Å²) >= 11 is 1.54. The molecular weight excluding hydrogens is 240 g/mol. The molecule has 0 aliphatic heterocycles. The number of hydrogen-bond acceptors (Lipinski definition) is 5. The van der Waals surface area contributed by atoms with Crippen LogP contribution in [0.25, 0.3) is 16.2 Å². The molecule has 86 valence electrons. The monoisotopic (exact) mass is 248 g/mol. The average Bonchev–Trinajstić information content (AvgIpc) is 2.90. The van der Waals surface area contributed by atoms with Crippen LogP contribution >= 0.6 is 11.3 Å². The Morgan fingerprint density at radius 1 is 1.47 bits per heavy atom. The molecule has 17 heavy (non-hydrogen) atoms. The summed E-state index contributed by atoms with van der Waals surface area (Å²) < 4.78 is 6.61. The predicted molar refractivity (Wildman–Crippen MR) is 63.5 cm³/mol. The van der Waals surface area contributed by atoms with Gasteiger partial charge in [0.05, 0.1) is 25.1 Å². The lowest BCUT2D eigenvalue weighted by molar-refractivity contribution is 0.406. The largest absolute Gasteiger partial charge is 0.490 e. The van der Waals surface area contributed by atoms with Crippen molar-refractivity contribution in [2.24, 2.45) is 0 Å². The summed E-state index contributed by atoms with van der Waals surface area (Å²) in [4.78, 5) is 19.4. The van der Waals surface area contributed by atoms with E-state index in [9.17, 15) is 4.79 Å². The van der Waals surface area contributed by atoms with Crippen LogP contribution in [0.15, 0.2) is 28.8 Å². The van der Waals surface area contributed by atoms with Crippen LogP contribution in [-0.4, -0.2) is 26.7 Å². The van der Waals surface area contributed by atoms with E-state index in [1.54, 1.807) is 10.7 Å². The number of hydrogen-bond donors (Lipinski definition) is 1. The molecule has 0 saturated heterocycles. The second-order valence-electron chi connectivity index (χ2n) is 3.34. The Hall–Kier alpha value is -2.15. The van der Waals surface area contributed by atoms with Crippen molar-refractivity contribution in [3.8, 4) is 17.1 Å².